The molecule has 4 rings (SSSR count). The Morgan fingerprint density at radius 3 is 2.62 bits per heavy atom. The summed E-state index contributed by atoms with van der Waals surface area (Å²) in [6.07, 6.45) is 4.15. The van der Waals surface area contributed by atoms with Crippen molar-refractivity contribution in [2.75, 3.05) is 13.7 Å². The van der Waals surface area contributed by atoms with Crippen molar-refractivity contribution < 1.29 is 19.7 Å². The van der Waals surface area contributed by atoms with Crippen LogP contribution in [-0.4, -0.2) is 62.6 Å². The summed E-state index contributed by atoms with van der Waals surface area (Å²) in [7, 11) is 1.73. The summed E-state index contributed by atoms with van der Waals surface area (Å²) in [4.78, 5) is 26.7. The minimum Gasteiger partial charge on any atom is -0.396 e. The van der Waals surface area contributed by atoms with E-state index in [-0.39, 0.29) is 30.4 Å². The summed E-state index contributed by atoms with van der Waals surface area (Å²) >= 11 is 0. The average molecular weight is 469 g/mol. The highest BCUT2D eigenvalue weighted by molar-refractivity contribution is 5.76. The fraction of sp³-hybridized carbons (Fsp3) is 0.556. The van der Waals surface area contributed by atoms with Gasteiger partial charge in [-0.3, -0.25) is 9.59 Å². The first-order valence-corrected chi connectivity index (χ1v) is 12.2. The number of aromatic nitrogens is 1. The second-order valence-corrected chi connectivity index (χ2v) is 10.1. The van der Waals surface area contributed by atoms with E-state index in [2.05, 4.69) is 12.1 Å². The number of rotatable bonds is 7. The smallest absolute Gasteiger partial charge is 0.250 e. The fourth-order valence-electron chi connectivity index (χ4n) is 5.97. The van der Waals surface area contributed by atoms with E-state index in [1.165, 1.54) is 16.2 Å². The lowest BCUT2D eigenvalue weighted by molar-refractivity contribution is -0.226. The lowest BCUT2D eigenvalue weighted by atomic mass is 9.73. The summed E-state index contributed by atoms with van der Waals surface area (Å²) in [6, 6.07) is 14.8. The molecule has 2 fully saturated rings. The van der Waals surface area contributed by atoms with Gasteiger partial charge in [0.2, 0.25) is 5.91 Å². The summed E-state index contributed by atoms with van der Waals surface area (Å²) < 4.78 is 8.16. The molecule has 0 unspecified atom stereocenters. The van der Waals surface area contributed by atoms with Crippen molar-refractivity contribution in [3.8, 4) is 0 Å². The molecule has 2 aromatic rings. The molecule has 7 heteroatoms. The lowest BCUT2D eigenvalue weighted by Gasteiger charge is -2.50. The third-order valence-electron chi connectivity index (χ3n) is 7.80. The molecule has 0 aliphatic carbocycles. The largest absolute Gasteiger partial charge is 0.396 e. The van der Waals surface area contributed by atoms with Crippen LogP contribution in [0.4, 0.5) is 0 Å². The molecule has 2 saturated heterocycles. The maximum absolute atomic E-state index is 13.1. The summed E-state index contributed by atoms with van der Waals surface area (Å²) in [5, 5.41) is 21.4. The van der Waals surface area contributed by atoms with Crippen LogP contribution in [0.5, 0.6) is 0 Å². The van der Waals surface area contributed by atoms with Crippen LogP contribution in [-0.2, 0) is 16.1 Å². The zero-order valence-electron chi connectivity index (χ0n) is 20.1. The molecular formula is C27H36N2O5. The SMILES string of the molecule is CN(C(=O)CCn1ccccc1=O)[C@H]1CC[C@@]2(CCO)C[C@H](c3ccccc3)C[C@](C)(O2)[C@@H]1O. The molecule has 1 aromatic carbocycles. The number of hydrogen-bond acceptors (Lipinski definition) is 5. The van der Waals surface area contributed by atoms with E-state index >= 15 is 0 Å². The van der Waals surface area contributed by atoms with Gasteiger partial charge in [0.25, 0.3) is 5.56 Å². The second kappa shape index (κ2) is 10.0. The first kappa shape index (κ1) is 24.6. The topological polar surface area (TPSA) is 92.0 Å². The zero-order chi connectivity index (χ0) is 24.3. The Hall–Kier alpha value is -2.48. The molecule has 0 saturated carbocycles. The number of amides is 1. The molecule has 0 radical (unpaired) electrons. The van der Waals surface area contributed by atoms with Gasteiger partial charge >= 0.3 is 0 Å². The molecule has 2 aliphatic heterocycles. The summed E-state index contributed by atoms with van der Waals surface area (Å²) in [5.74, 6) is 0.0848. The Morgan fingerprint density at radius 1 is 1.18 bits per heavy atom. The van der Waals surface area contributed by atoms with Crippen LogP contribution >= 0.6 is 0 Å². The van der Waals surface area contributed by atoms with Crippen LogP contribution in [0.1, 0.15) is 56.9 Å². The summed E-state index contributed by atoms with van der Waals surface area (Å²) in [6.45, 7) is 2.25. The molecule has 34 heavy (non-hydrogen) atoms. The normalized spacial score (nSPS) is 31.0. The third kappa shape index (κ3) is 4.97. The van der Waals surface area contributed by atoms with Crippen molar-refractivity contribution in [2.45, 2.75) is 81.3 Å². The number of likely N-dealkylation sites (N-methyl/N-ethyl adjacent to an activating group) is 1. The number of nitrogens with zero attached hydrogens (tertiary/aromatic N) is 2. The quantitative estimate of drug-likeness (QED) is 0.652. The van der Waals surface area contributed by atoms with Gasteiger partial charge < -0.3 is 24.4 Å². The number of aliphatic hydroxyl groups excluding tert-OH is 2. The van der Waals surface area contributed by atoms with Gasteiger partial charge in [-0.2, -0.15) is 0 Å². The van der Waals surface area contributed by atoms with Crippen molar-refractivity contribution >= 4 is 5.91 Å². The van der Waals surface area contributed by atoms with E-state index in [1.807, 2.05) is 25.1 Å². The Labute approximate surface area is 201 Å². The number of aryl methyl sites for hydroxylation is 1. The Balaban J connectivity index is 1.55. The number of aliphatic hydroxyl groups is 2. The van der Waals surface area contributed by atoms with Gasteiger partial charge in [0.1, 0.15) is 6.10 Å². The number of fused-ring (bicyclic) bond motifs is 2. The molecule has 1 amide bonds. The van der Waals surface area contributed by atoms with Gasteiger partial charge in [-0.05, 0) is 56.6 Å². The maximum atomic E-state index is 13.1. The van der Waals surface area contributed by atoms with Gasteiger partial charge in [-0.25, -0.2) is 0 Å². The monoisotopic (exact) mass is 468 g/mol. The molecular weight excluding hydrogens is 432 g/mol. The van der Waals surface area contributed by atoms with Crippen molar-refractivity contribution in [3.63, 3.8) is 0 Å². The first-order chi connectivity index (χ1) is 16.3. The number of benzene rings is 1. The fourth-order valence-corrected chi connectivity index (χ4v) is 5.97. The van der Waals surface area contributed by atoms with Gasteiger partial charge in [0, 0.05) is 38.9 Å². The lowest BCUT2D eigenvalue weighted by Crippen LogP contribution is -2.58. The van der Waals surface area contributed by atoms with Crippen molar-refractivity contribution in [3.05, 3.63) is 70.6 Å². The molecule has 2 N–H and O–H groups in total. The Morgan fingerprint density at radius 2 is 1.91 bits per heavy atom. The molecule has 184 valence electrons. The molecule has 5 atom stereocenters. The molecule has 2 bridgehead atoms. The number of ether oxygens (including phenoxy) is 1. The minimum absolute atomic E-state index is 0.0128. The van der Waals surface area contributed by atoms with E-state index in [4.69, 9.17) is 4.74 Å². The second-order valence-electron chi connectivity index (χ2n) is 10.1. The van der Waals surface area contributed by atoms with Gasteiger partial charge in [0.05, 0.1) is 17.2 Å². The minimum atomic E-state index is -0.868. The standard InChI is InChI=1S/C27H36N2O5/c1-26-18-21(20-8-4-3-5-9-20)19-27(34-26,14-17-30)13-11-22(25(26)33)28(2)23(31)12-16-29-15-7-6-10-24(29)32/h3-10,15,21-22,25,30,33H,11-14,16-19H2,1-2H3/t21-,22+,25-,26+,27-/m1/s1. The first-order valence-electron chi connectivity index (χ1n) is 12.2. The van der Waals surface area contributed by atoms with Crippen molar-refractivity contribution in [1.29, 1.82) is 0 Å². The van der Waals surface area contributed by atoms with E-state index in [0.717, 1.165) is 6.42 Å². The van der Waals surface area contributed by atoms with Crippen molar-refractivity contribution in [1.82, 2.24) is 9.47 Å². The molecule has 0 spiro atoms. The molecule has 7 nitrogen and oxygen atoms in total. The number of carbonyl (C=O) groups is 1. The van der Waals surface area contributed by atoms with Crippen LogP contribution < -0.4 is 5.56 Å². The maximum Gasteiger partial charge on any atom is 0.250 e. The van der Waals surface area contributed by atoms with Gasteiger partial charge in [0.15, 0.2) is 0 Å². The van der Waals surface area contributed by atoms with E-state index < -0.39 is 23.3 Å². The van der Waals surface area contributed by atoms with Crippen LogP contribution in [0.2, 0.25) is 0 Å². The Bertz CT molecular complexity index is 1040. The molecule has 1 aromatic heterocycles. The number of hydrogen-bond donors (Lipinski definition) is 2. The van der Waals surface area contributed by atoms with E-state index in [1.54, 1.807) is 30.3 Å². The molecule has 3 heterocycles. The highest BCUT2D eigenvalue weighted by atomic mass is 16.5. The number of pyridine rings is 1. The number of carbonyl (C=O) groups excluding carboxylic acids is 1. The van der Waals surface area contributed by atoms with E-state index in [0.29, 0.717) is 32.2 Å². The van der Waals surface area contributed by atoms with Crippen LogP contribution in [0.3, 0.4) is 0 Å². The zero-order valence-corrected chi connectivity index (χ0v) is 20.1. The predicted octanol–water partition coefficient (Wildman–Crippen LogP) is 2.69. The predicted molar refractivity (Wildman–Crippen MR) is 129 cm³/mol. The molecule has 2 aliphatic rings. The van der Waals surface area contributed by atoms with Gasteiger partial charge in [-0.1, -0.05) is 36.4 Å². The van der Waals surface area contributed by atoms with Crippen molar-refractivity contribution in [2.24, 2.45) is 0 Å². The third-order valence-corrected chi connectivity index (χ3v) is 7.80. The van der Waals surface area contributed by atoms with Gasteiger partial charge in [-0.15, -0.1) is 0 Å². The van der Waals surface area contributed by atoms with E-state index in [9.17, 15) is 19.8 Å². The van der Waals surface area contributed by atoms with Crippen LogP contribution in [0, 0.1) is 0 Å². The average Bonchev–Trinajstić information content (AvgIpc) is 2.90. The summed E-state index contributed by atoms with van der Waals surface area (Å²) in [5.41, 5.74) is -0.318. The van der Waals surface area contributed by atoms with Crippen LogP contribution in [0.15, 0.2) is 59.5 Å². The highest BCUT2D eigenvalue weighted by Crippen LogP contribution is 2.51. The highest BCUT2D eigenvalue weighted by Gasteiger charge is 2.55. The Kier molecular flexibility index (Phi) is 7.26. The van der Waals surface area contributed by atoms with Crippen LogP contribution in [0.25, 0.3) is 0 Å².